The van der Waals surface area contributed by atoms with Crippen LogP contribution in [0.3, 0.4) is 0 Å². The Morgan fingerprint density at radius 1 is 0.900 bits per heavy atom. The van der Waals surface area contributed by atoms with E-state index in [0.717, 1.165) is 6.54 Å². The van der Waals surface area contributed by atoms with Gasteiger partial charge in [0.2, 0.25) is 0 Å². The number of benzene rings is 2. The lowest BCUT2D eigenvalue weighted by Gasteiger charge is -2.17. The summed E-state index contributed by atoms with van der Waals surface area (Å²) < 4.78 is 0. The summed E-state index contributed by atoms with van der Waals surface area (Å²) >= 11 is 0. The molecule has 104 valence electrons. The van der Waals surface area contributed by atoms with Crippen molar-refractivity contribution >= 4 is 11.4 Å². The summed E-state index contributed by atoms with van der Waals surface area (Å²) in [6.07, 6.45) is 2.66. The number of rotatable bonds is 4. The van der Waals surface area contributed by atoms with E-state index < -0.39 is 0 Å². The molecule has 0 atom stereocenters. The van der Waals surface area contributed by atoms with Crippen molar-refractivity contribution in [2.24, 2.45) is 0 Å². The van der Waals surface area contributed by atoms with Crippen LogP contribution in [0.1, 0.15) is 24.0 Å². The Morgan fingerprint density at radius 3 is 2.20 bits per heavy atom. The molecule has 1 aliphatic rings. The summed E-state index contributed by atoms with van der Waals surface area (Å²) in [6, 6.07) is 17.5. The van der Waals surface area contributed by atoms with Gasteiger partial charge in [-0.15, -0.1) is 0 Å². The lowest BCUT2D eigenvalue weighted by atomic mass is 10.2. The molecule has 2 aromatic rings. The van der Waals surface area contributed by atoms with Gasteiger partial charge < -0.3 is 10.2 Å². The highest BCUT2D eigenvalue weighted by Gasteiger charge is 2.11. The van der Waals surface area contributed by atoms with Crippen molar-refractivity contribution in [3.05, 3.63) is 59.7 Å². The Hall–Kier alpha value is -1.96. The minimum Gasteiger partial charge on any atom is -0.381 e. The van der Waals surface area contributed by atoms with Crippen LogP contribution in [0.4, 0.5) is 11.4 Å². The highest BCUT2D eigenvalue weighted by atomic mass is 15.1. The van der Waals surface area contributed by atoms with Gasteiger partial charge in [-0.05, 0) is 49.6 Å². The van der Waals surface area contributed by atoms with Gasteiger partial charge in [-0.25, -0.2) is 0 Å². The van der Waals surface area contributed by atoms with E-state index in [2.05, 4.69) is 65.7 Å². The van der Waals surface area contributed by atoms with Crippen LogP contribution in [0, 0.1) is 6.92 Å². The average molecular weight is 266 g/mol. The quantitative estimate of drug-likeness (QED) is 0.892. The molecule has 1 aliphatic heterocycles. The van der Waals surface area contributed by atoms with Crippen molar-refractivity contribution in [1.82, 2.24) is 0 Å². The summed E-state index contributed by atoms with van der Waals surface area (Å²) in [5.41, 5.74) is 5.17. The van der Waals surface area contributed by atoms with E-state index in [1.54, 1.807) is 0 Å². The van der Waals surface area contributed by atoms with Crippen LogP contribution >= 0.6 is 0 Å². The molecule has 1 saturated heterocycles. The van der Waals surface area contributed by atoms with Crippen LogP contribution in [0.2, 0.25) is 0 Å². The molecule has 0 spiro atoms. The van der Waals surface area contributed by atoms with Crippen LogP contribution in [-0.4, -0.2) is 13.1 Å². The van der Waals surface area contributed by atoms with Crippen molar-refractivity contribution in [3.8, 4) is 0 Å². The normalized spacial score (nSPS) is 14.6. The van der Waals surface area contributed by atoms with Gasteiger partial charge >= 0.3 is 0 Å². The third-order valence-corrected chi connectivity index (χ3v) is 3.96. The number of nitrogens with zero attached hydrogens (tertiary/aromatic N) is 1. The van der Waals surface area contributed by atoms with E-state index in [0.29, 0.717) is 0 Å². The standard InChI is InChI=1S/C18H22N2/c1-15-4-8-17(9-5-15)19-14-16-6-10-18(11-7-16)20-12-2-3-13-20/h4-11,19H,2-3,12-14H2,1H3. The summed E-state index contributed by atoms with van der Waals surface area (Å²) in [5, 5.41) is 3.46. The second kappa shape index (κ2) is 6.00. The maximum Gasteiger partial charge on any atom is 0.0400 e. The third-order valence-electron chi connectivity index (χ3n) is 3.96. The predicted octanol–water partition coefficient (Wildman–Crippen LogP) is 4.21. The summed E-state index contributed by atoms with van der Waals surface area (Å²) in [6.45, 7) is 5.41. The zero-order valence-electron chi connectivity index (χ0n) is 12.1. The minimum atomic E-state index is 0.878. The molecule has 0 amide bonds. The molecule has 0 unspecified atom stereocenters. The second-order valence-electron chi connectivity index (χ2n) is 5.58. The van der Waals surface area contributed by atoms with Gasteiger partial charge in [0.25, 0.3) is 0 Å². The van der Waals surface area contributed by atoms with E-state index >= 15 is 0 Å². The van der Waals surface area contributed by atoms with E-state index in [-0.39, 0.29) is 0 Å². The van der Waals surface area contributed by atoms with Gasteiger partial charge in [-0.3, -0.25) is 0 Å². The topological polar surface area (TPSA) is 15.3 Å². The first kappa shape index (κ1) is 13.0. The fraction of sp³-hybridized carbons (Fsp3) is 0.333. The van der Waals surface area contributed by atoms with Gasteiger partial charge in [0.15, 0.2) is 0 Å². The Morgan fingerprint density at radius 2 is 1.55 bits per heavy atom. The fourth-order valence-corrected chi connectivity index (χ4v) is 2.68. The van der Waals surface area contributed by atoms with Crippen LogP contribution in [0.25, 0.3) is 0 Å². The van der Waals surface area contributed by atoms with Gasteiger partial charge in [-0.1, -0.05) is 29.8 Å². The first-order valence-corrected chi connectivity index (χ1v) is 7.46. The maximum atomic E-state index is 3.46. The molecule has 1 fully saturated rings. The highest BCUT2D eigenvalue weighted by molar-refractivity contribution is 5.49. The van der Waals surface area contributed by atoms with E-state index in [1.165, 1.54) is 48.4 Å². The van der Waals surface area contributed by atoms with E-state index in [1.807, 2.05) is 0 Å². The first-order chi connectivity index (χ1) is 9.81. The lowest BCUT2D eigenvalue weighted by molar-refractivity contribution is 0.949. The highest BCUT2D eigenvalue weighted by Crippen LogP contribution is 2.20. The Balaban J connectivity index is 1.59. The summed E-state index contributed by atoms with van der Waals surface area (Å²) in [5.74, 6) is 0. The van der Waals surface area contributed by atoms with E-state index in [9.17, 15) is 0 Å². The van der Waals surface area contributed by atoms with Crippen molar-refractivity contribution in [3.63, 3.8) is 0 Å². The third kappa shape index (κ3) is 3.13. The first-order valence-electron chi connectivity index (χ1n) is 7.46. The van der Waals surface area contributed by atoms with Gasteiger partial charge in [0, 0.05) is 31.0 Å². The molecule has 1 heterocycles. The molecule has 20 heavy (non-hydrogen) atoms. The average Bonchev–Trinajstić information content (AvgIpc) is 3.01. The molecule has 0 aromatic heterocycles. The summed E-state index contributed by atoms with van der Waals surface area (Å²) in [7, 11) is 0. The molecule has 0 saturated carbocycles. The Labute approximate surface area is 121 Å². The van der Waals surface area contributed by atoms with Crippen molar-refractivity contribution in [1.29, 1.82) is 0 Å². The molecule has 3 rings (SSSR count). The molecular formula is C18H22N2. The van der Waals surface area contributed by atoms with Gasteiger partial charge in [0.1, 0.15) is 0 Å². The zero-order chi connectivity index (χ0) is 13.8. The van der Waals surface area contributed by atoms with E-state index in [4.69, 9.17) is 0 Å². The SMILES string of the molecule is Cc1ccc(NCc2ccc(N3CCCC3)cc2)cc1. The number of anilines is 2. The number of aryl methyl sites for hydroxylation is 1. The maximum absolute atomic E-state index is 3.46. The smallest absolute Gasteiger partial charge is 0.0400 e. The number of hydrogen-bond acceptors (Lipinski definition) is 2. The van der Waals surface area contributed by atoms with Crippen molar-refractivity contribution < 1.29 is 0 Å². The Kier molecular flexibility index (Phi) is 3.91. The zero-order valence-corrected chi connectivity index (χ0v) is 12.1. The van der Waals surface area contributed by atoms with Gasteiger partial charge in [0.05, 0.1) is 0 Å². The minimum absolute atomic E-state index is 0.878. The van der Waals surface area contributed by atoms with Crippen molar-refractivity contribution in [2.45, 2.75) is 26.3 Å². The number of hydrogen-bond donors (Lipinski definition) is 1. The largest absolute Gasteiger partial charge is 0.381 e. The van der Waals surface area contributed by atoms with Crippen LogP contribution in [0.15, 0.2) is 48.5 Å². The fourth-order valence-electron chi connectivity index (χ4n) is 2.68. The number of nitrogens with one attached hydrogen (secondary N) is 1. The predicted molar refractivity (Wildman–Crippen MR) is 86.4 cm³/mol. The second-order valence-corrected chi connectivity index (χ2v) is 5.58. The molecule has 0 radical (unpaired) electrons. The van der Waals surface area contributed by atoms with Crippen molar-refractivity contribution in [2.75, 3.05) is 23.3 Å². The molecule has 0 aliphatic carbocycles. The molecule has 0 bridgehead atoms. The lowest BCUT2D eigenvalue weighted by Crippen LogP contribution is -2.17. The van der Waals surface area contributed by atoms with Gasteiger partial charge in [-0.2, -0.15) is 0 Å². The van der Waals surface area contributed by atoms with Crippen LogP contribution < -0.4 is 10.2 Å². The molecule has 2 nitrogen and oxygen atoms in total. The molecule has 2 aromatic carbocycles. The molecule has 1 N–H and O–H groups in total. The Bertz CT molecular complexity index is 537. The molecule has 2 heteroatoms. The monoisotopic (exact) mass is 266 g/mol. The molecular weight excluding hydrogens is 244 g/mol. The van der Waals surface area contributed by atoms with Crippen LogP contribution in [-0.2, 0) is 6.54 Å². The van der Waals surface area contributed by atoms with Crippen LogP contribution in [0.5, 0.6) is 0 Å². The summed E-state index contributed by atoms with van der Waals surface area (Å²) in [4.78, 5) is 2.47.